The van der Waals surface area contributed by atoms with Crippen LogP contribution < -0.4 is 15.5 Å². The van der Waals surface area contributed by atoms with E-state index < -0.39 is 0 Å². The molecule has 0 spiro atoms. The van der Waals surface area contributed by atoms with Gasteiger partial charge in [0.05, 0.1) is 17.9 Å². The molecule has 3 rings (SSSR count). The SMILES string of the molecule is CN1CC(=O)Nc2ccc(C3(C)CCCN3)cc21. The number of amides is 1. The van der Waals surface area contributed by atoms with Crippen molar-refractivity contribution in [2.45, 2.75) is 25.3 Å². The van der Waals surface area contributed by atoms with E-state index in [0.29, 0.717) is 6.54 Å². The molecular formula is C14H19N3O. The van der Waals surface area contributed by atoms with Crippen molar-refractivity contribution in [1.82, 2.24) is 5.32 Å². The Hall–Kier alpha value is -1.55. The predicted molar refractivity (Wildman–Crippen MR) is 72.9 cm³/mol. The number of nitrogens with one attached hydrogen (secondary N) is 2. The maximum absolute atomic E-state index is 11.5. The molecule has 0 radical (unpaired) electrons. The molecule has 96 valence electrons. The Morgan fingerprint density at radius 1 is 1.39 bits per heavy atom. The van der Waals surface area contributed by atoms with E-state index in [1.807, 2.05) is 18.0 Å². The van der Waals surface area contributed by atoms with Crippen LogP contribution in [0.15, 0.2) is 18.2 Å². The summed E-state index contributed by atoms with van der Waals surface area (Å²) in [4.78, 5) is 13.5. The van der Waals surface area contributed by atoms with E-state index >= 15 is 0 Å². The van der Waals surface area contributed by atoms with Crippen molar-refractivity contribution in [3.63, 3.8) is 0 Å². The molecule has 1 saturated heterocycles. The third-order valence-electron chi connectivity index (χ3n) is 4.07. The zero-order valence-corrected chi connectivity index (χ0v) is 10.9. The molecule has 4 nitrogen and oxygen atoms in total. The smallest absolute Gasteiger partial charge is 0.243 e. The van der Waals surface area contributed by atoms with Gasteiger partial charge in [0, 0.05) is 12.6 Å². The number of anilines is 2. The van der Waals surface area contributed by atoms with E-state index in [9.17, 15) is 4.79 Å². The van der Waals surface area contributed by atoms with E-state index in [2.05, 4.69) is 29.7 Å². The summed E-state index contributed by atoms with van der Waals surface area (Å²) in [6.45, 7) is 3.77. The van der Waals surface area contributed by atoms with Gasteiger partial charge in [-0.3, -0.25) is 4.79 Å². The van der Waals surface area contributed by atoms with Gasteiger partial charge in [0.25, 0.3) is 0 Å². The highest BCUT2D eigenvalue weighted by Crippen LogP contribution is 2.36. The van der Waals surface area contributed by atoms with Crippen molar-refractivity contribution in [3.8, 4) is 0 Å². The van der Waals surface area contributed by atoms with Gasteiger partial charge in [-0.2, -0.15) is 0 Å². The summed E-state index contributed by atoms with van der Waals surface area (Å²) in [5.41, 5.74) is 3.42. The summed E-state index contributed by atoms with van der Waals surface area (Å²) in [7, 11) is 1.96. The number of hydrogen-bond acceptors (Lipinski definition) is 3. The zero-order valence-electron chi connectivity index (χ0n) is 10.9. The van der Waals surface area contributed by atoms with Crippen LogP contribution in [0.5, 0.6) is 0 Å². The van der Waals surface area contributed by atoms with Gasteiger partial charge >= 0.3 is 0 Å². The molecular weight excluding hydrogens is 226 g/mol. The fourth-order valence-electron chi connectivity index (χ4n) is 2.93. The van der Waals surface area contributed by atoms with Crippen molar-refractivity contribution in [2.24, 2.45) is 0 Å². The molecule has 0 saturated carbocycles. The second-order valence-electron chi connectivity index (χ2n) is 5.50. The van der Waals surface area contributed by atoms with Crippen LogP contribution >= 0.6 is 0 Å². The number of carbonyl (C=O) groups is 1. The molecule has 1 atom stereocenters. The maximum Gasteiger partial charge on any atom is 0.243 e. The first-order valence-electron chi connectivity index (χ1n) is 6.49. The highest BCUT2D eigenvalue weighted by molar-refractivity contribution is 6.01. The van der Waals surface area contributed by atoms with Crippen molar-refractivity contribution in [3.05, 3.63) is 23.8 Å². The fourth-order valence-corrected chi connectivity index (χ4v) is 2.93. The number of hydrogen-bond donors (Lipinski definition) is 2. The molecule has 2 heterocycles. The van der Waals surface area contributed by atoms with Crippen LogP contribution in [0, 0.1) is 0 Å². The average Bonchev–Trinajstić information content (AvgIpc) is 2.77. The summed E-state index contributed by atoms with van der Waals surface area (Å²) >= 11 is 0. The quantitative estimate of drug-likeness (QED) is 0.791. The highest BCUT2D eigenvalue weighted by atomic mass is 16.2. The van der Waals surface area contributed by atoms with E-state index in [0.717, 1.165) is 17.9 Å². The minimum Gasteiger partial charge on any atom is -0.364 e. The van der Waals surface area contributed by atoms with Gasteiger partial charge in [0.1, 0.15) is 0 Å². The molecule has 0 aromatic heterocycles. The minimum atomic E-state index is 0.0583. The van der Waals surface area contributed by atoms with Gasteiger partial charge in [-0.25, -0.2) is 0 Å². The monoisotopic (exact) mass is 245 g/mol. The number of likely N-dealkylation sites (N-methyl/N-ethyl adjacent to an activating group) is 1. The largest absolute Gasteiger partial charge is 0.364 e. The molecule has 0 bridgehead atoms. The van der Waals surface area contributed by atoms with Crippen LogP contribution in [0.1, 0.15) is 25.3 Å². The lowest BCUT2D eigenvalue weighted by Gasteiger charge is -2.31. The van der Waals surface area contributed by atoms with Crippen molar-refractivity contribution >= 4 is 17.3 Å². The summed E-state index contributed by atoms with van der Waals surface area (Å²) in [5.74, 6) is 0.0583. The van der Waals surface area contributed by atoms with Crippen LogP contribution in [0.25, 0.3) is 0 Å². The summed E-state index contributed by atoms with van der Waals surface area (Å²) in [6, 6.07) is 6.34. The molecule has 1 fully saturated rings. The second kappa shape index (κ2) is 3.99. The average molecular weight is 245 g/mol. The molecule has 2 aliphatic heterocycles. The number of benzene rings is 1. The van der Waals surface area contributed by atoms with E-state index in [4.69, 9.17) is 0 Å². The molecule has 1 aromatic rings. The van der Waals surface area contributed by atoms with Crippen LogP contribution in [0.4, 0.5) is 11.4 Å². The molecule has 4 heteroatoms. The standard InChI is InChI=1S/C14H19N3O/c1-14(6-3-7-15-14)10-4-5-11-12(8-10)17(2)9-13(18)16-11/h4-5,8,15H,3,6-7,9H2,1-2H3,(H,16,18). The Morgan fingerprint density at radius 2 is 2.22 bits per heavy atom. The Morgan fingerprint density at radius 3 is 2.94 bits per heavy atom. The second-order valence-corrected chi connectivity index (χ2v) is 5.50. The molecule has 1 amide bonds. The Kier molecular flexibility index (Phi) is 2.55. The van der Waals surface area contributed by atoms with Crippen molar-refractivity contribution in [2.75, 3.05) is 30.4 Å². The lowest BCUT2D eigenvalue weighted by Crippen LogP contribution is -2.37. The lowest BCUT2D eigenvalue weighted by atomic mass is 9.89. The molecule has 1 aromatic carbocycles. The van der Waals surface area contributed by atoms with E-state index in [1.165, 1.54) is 18.4 Å². The van der Waals surface area contributed by atoms with E-state index in [-0.39, 0.29) is 11.4 Å². The molecule has 1 unspecified atom stereocenters. The van der Waals surface area contributed by atoms with Crippen molar-refractivity contribution < 1.29 is 4.79 Å². The van der Waals surface area contributed by atoms with Crippen LogP contribution in [-0.2, 0) is 10.3 Å². The number of nitrogens with zero attached hydrogens (tertiary/aromatic N) is 1. The van der Waals surface area contributed by atoms with E-state index in [1.54, 1.807) is 0 Å². The maximum atomic E-state index is 11.5. The minimum absolute atomic E-state index is 0.0583. The Balaban J connectivity index is 2.00. The first-order valence-corrected chi connectivity index (χ1v) is 6.49. The summed E-state index contributed by atoms with van der Waals surface area (Å²) in [5, 5.41) is 6.49. The zero-order chi connectivity index (χ0) is 12.8. The van der Waals surface area contributed by atoms with Gasteiger partial charge in [-0.15, -0.1) is 0 Å². The number of carbonyl (C=O) groups excluding carboxylic acids is 1. The topological polar surface area (TPSA) is 44.4 Å². The number of rotatable bonds is 1. The first-order chi connectivity index (χ1) is 8.58. The predicted octanol–water partition coefficient (Wildman–Crippen LogP) is 1.67. The Bertz CT molecular complexity index is 492. The van der Waals surface area contributed by atoms with Crippen LogP contribution in [0.3, 0.4) is 0 Å². The molecule has 2 aliphatic rings. The van der Waals surface area contributed by atoms with Crippen LogP contribution in [-0.4, -0.2) is 26.0 Å². The van der Waals surface area contributed by atoms with Gasteiger partial charge < -0.3 is 15.5 Å². The lowest BCUT2D eigenvalue weighted by molar-refractivity contribution is -0.115. The normalized spacial score (nSPS) is 27.0. The highest BCUT2D eigenvalue weighted by Gasteiger charge is 2.31. The third-order valence-corrected chi connectivity index (χ3v) is 4.07. The molecule has 0 aliphatic carbocycles. The van der Waals surface area contributed by atoms with Gasteiger partial charge in [-0.05, 0) is 44.0 Å². The fraction of sp³-hybridized carbons (Fsp3) is 0.500. The molecule has 2 N–H and O–H groups in total. The summed E-state index contributed by atoms with van der Waals surface area (Å²) in [6.07, 6.45) is 2.39. The summed E-state index contributed by atoms with van der Waals surface area (Å²) < 4.78 is 0. The Labute approximate surface area is 107 Å². The van der Waals surface area contributed by atoms with Gasteiger partial charge in [0.15, 0.2) is 0 Å². The third kappa shape index (κ3) is 1.77. The van der Waals surface area contributed by atoms with Crippen LogP contribution in [0.2, 0.25) is 0 Å². The first kappa shape index (κ1) is 11.5. The number of fused-ring (bicyclic) bond motifs is 1. The van der Waals surface area contributed by atoms with Gasteiger partial charge in [0.2, 0.25) is 5.91 Å². The molecule has 18 heavy (non-hydrogen) atoms. The van der Waals surface area contributed by atoms with Gasteiger partial charge in [-0.1, -0.05) is 6.07 Å². The van der Waals surface area contributed by atoms with Crippen molar-refractivity contribution in [1.29, 1.82) is 0 Å².